The van der Waals surface area contributed by atoms with Crippen LogP contribution in [0.5, 0.6) is 0 Å². The van der Waals surface area contributed by atoms with E-state index in [2.05, 4.69) is 4.99 Å². The van der Waals surface area contributed by atoms with E-state index in [4.69, 9.17) is 5.73 Å². The highest BCUT2D eigenvalue weighted by Gasteiger charge is 2.12. The van der Waals surface area contributed by atoms with E-state index in [9.17, 15) is 4.79 Å². The van der Waals surface area contributed by atoms with Gasteiger partial charge in [0.15, 0.2) is 0 Å². The second kappa shape index (κ2) is 3.96. The average Bonchev–Trinajstić information content (AvgIpc) is 2.30. The fourth-order valence-corrected chi connectivity index (χ4v) is 1.49. The van der Waals surface area contributed by atoms with E-state index in [1.165, 1.54) is 0 Å². The summed E-state index contributed by atoms with van der Waals surface area (Å²) in [5.41, 5.74) is 6.64. The Kier molecular flexibility index (Phi) is 2.49. The highest BCUT2D eigenvalue weighted by molar-refractivity contribution is 5.99. The molecule has 1 aromatic carbocycles. The average molecular weight is 201 g/mol. The molecule has 1 heterocycles. The summed E-state index contributed by atoms with van der Waals surface area (Å²) in [6.07, 6.45) is 5.28. The SMILES string of the molecule is NC(=O)c1ccccc1N1C=CN=CC1. The molecule has 2 N–H and O–H groups in total. The molecule has 76 valence electrons. The second-order valence-corrected chi connectivity index (χ2v) is 3.16. The van der Waals surface area contributed by atoms with Crippen molar-refractivity contribution in [1.29, 1.82) is 0 Å². The first-order valence-corrected chi connectivity index (χ1v) is 4.63. The molecular formula is C11H11N3O. The molecule has 4 nitrogen and oxygen atoms in total. The van der Waals surface area contributed by atoms with Gasteiger partial charge < -0.3 is 10.6 Å². The predicted octanol–water partition coefficient (Wildman–Crippen LogP) is 1.15. The number of carbonyl (C=O) groups is 1. The normalized spacial score (nSPS) is 14.3. The maximum Gasteiger partial charge on any atom is 0.250 e. The van der Waals surface area contributed by atoms with Gasteiger partial charge in [-0.15, -0.1) is 0 Å². The van der Waals surface area contributed by atoms with Crippen molar-refractivity contribution in [2.45, 2.75) is 0 Å². The van der Waals surface area contributed by atoms with E-state index in [1.807, 2.05) is 23.2 Å². The molecule has 4 heteroatoms. The fourth-order valence-electron chi connectivity index (χ4n) is 1.49. The number of aliphatic imine (C=N–C) groups is 1. The summed E-state index contributed by atoms with van der Waals surface area (Å²) >= 11 is 0. The van der Waals surface area contributed by atoms with Crippen molar-refractivity contribution in [3.63, 3.8) is 0 Å². The van der Waals surface area contributed by atoms with Crippen LogP contribution in [0.2, 0.25) is 0 Å². The molecular weight excluding hydrogens is 190 g/mol. The summed E-state index contributed by atoms with van der Waals surface area (Å²) < 4.78 is 0. The van der Waals surface area contributed by atoms with Gasteiger partial charge in [0, 0.05) is 18.6 Å². The van der Waals surface area contributed by atoms with Gasteiger partial charge in [0.1, 0.15) is 0 Å². The van der Waals surface area contributed by atoms with Crippen LogP contribution in [0.1, 0.15) is 10.4 Å². The second-order valence-electron chi connectivity index (χ2n) is 3.16. The van der Waals surface area contributed by atoms with Gasteiger partial charge in [-0.25, -0.2) is 0 Å². The molecule has 0 aliphatic carbocycles. The molecule has 0 unspecified atom stereocenters. The molecule has 0 fully saturated rings. The number of benzene rings is 1. The van der Waals surface area contributed by atoms with Gasteiger partial charge in [0.2, 0.25) is 0 Å². The highest BCUT2D eigenvalue weighted by Crippen LogP contribution is 2.20. The molecule has 0 atom stereocenters. The van der Waals surface area contributed by atoms with Crippen LogP contribution in [-0.4, -0.2) is 18.7 Å². The molecule has 0 saturated heterocycles. The van der Waals surface area contributed by atoms with Crippen LogP contribution in [0.25, 0.3) is 0 Å². The molecule has 1 aromatic rings. The van der Waals surface area contributed by atoms with Crippen molar-refractivity contribution < 1.29 is 4.79 Å². The standard InChI is InChI=1S/C11H11N3O/c12-11(15)9-3-1-2-4-10(9)14-7-5-13-6-8-14/h1-7H,8H2,(H2,12,15). The minimum absolute atomic E-state index is 0.415. The van der Waals surface area contributed by atoms with E-state index < -0.39 is 5.91 Å². The summed E-state index contributed by atoms with van der Waals surface area (Å²) in [6.45, 7) is 0.654. The number of hydrogen-bond acceptors (Lipinski definition) is 3. The Bertz CT molecular complexity index is 437. The number of nitrogens with zero attached hydrogens (tertiary/aromatic N) is 2. The quantitative estimate of drug-likeness (QED) is 0.780. The minimum atomic E-state index is -0.415. The molecule has 2 rings (SSSR count). The summed E-state index contributed by atoms with van der Waals surface area (Å²) in [7, 11) is 0. The lowest BCUT2D eigenvalue weighted by Gasteiger charge is -2.21. The van der Waals surface area contributed by atoms with Gasteiger partial charge in [-0.3, -0.25) is 9.79 Å². The van der Waals surface area contributed by atoms with Crippen LogP contribution in [0.15, 0.2) is 41.7 Å². The van der Waals surface area contributed by atoms with Crippen LogP contribution in [0.3, 0.4) is 0 Å². The maximum absolute atomic E-state index is 11.2. The number of nitrogens with two attached hydrogens (primary N) is 1. The number of hydrogen-bond donors (Lipinski definition) is 1. The largest absolute Gasteiger partial charge is 0.366 e. The Hall–Kier alpha value is -2.10. The third-order valence-electron chi connectivity index (χ3n) is 2.20. The van der Waals surface area contributed by atoms with Gasteiger partial charge in [-0.2, -0.15) is 0 Å². The van der Waals surface area contributed by atoms with Crippen molar-refractivity contribution in [2.75, 3.05) is 11.4 Å². The Morgan fingerprint density at radius 1 is 1.40 bits per heavy atom. The van der Waals surface area contributed by atoms with Crippen molar-refractivity contribution in [3.05, 3.63) is 42.2 Å². The van der Waals surface area contributed by atoms with Crippen molar-refractivity contribution in [2.24, 2.45) is 10.7 Å². The summed E-state index contributed by atoms with van der Waals surface area (Å²) in [5, 5.41) is 0. The topological polar surface area (TPSA) is 58.7 Å². The minimum Gasteiger partial charge on any atom is -0.366 e. The number of carbonyl (C=O) groups excluding carboxylic acids is 1. The first-order valence-electron chi connectivity index (χ1n) is 4.63. The monoisotopic (exact) mass is 201 g/mol. The first-order chi connectivity index (χ1) is 7.29. The highest BCUT2D eigenvalue weighted by atomic mass is 16.1. The van der Waals surface area contributed by atoms with Crippen LogP contribution in [0.4, 0.5) is 5.69 Å². The maximum atomic E-state index is 11.2. The zero-order valence-electron chi connectivity index (χ0n) is 8.13. The van der Waals surface area contributed by atoms with Crippen LogP contribution >= 0.6 is 0 Å². The van der Waals surface area contributed by atoms with Crippen molar-refractivity contribution >= 4 is 17.8 Å². The first kappa shape index (κ1) is 9.45. The zero-order chi connectivity index (χ0) is 10.7. The van der Waals surface area contributed by atoms with Gasteiger partial charge in [-0.05, 0) is 12.1 Å². The van der Waals surface area contributed by atoms with E-state index in [-0.39, 0.29) is 0 Å². The Morgan fingerprint density at radius 2 is 2.20 bits per heavy atom. The number of rotatable bonds is 2. The third kappa shape index (κ3) is 1.88. The lowest BCUT2D eigenvalue weighted by atomic mass is 10.1. The van der Waals surface area contributed by atoms with Gasteiger partial charge >= 0.3 is 0 Å². The van der Waals surface area contributed by atoms with Gasteiger partial charge in [0.05, 0.1) is 17.8 Å². The van der Waals surface area contributed by atoms with Gasteiger partial charge in [0.25, 0.3) is 5.91 Å². The Labute approximate surface area is 87.7 Å². The lowest BCUT2D eigenvalue weighted by molar-refractivity contribution is 0.100. The molecule has 15 heavy (non-hydrogen) atoms. The van der Waals surface area contributed by atoms with Crippen LogP contribution < -0.4 is 10.6 Å². The Balaban J connectivity index is 2.39. The molecule has 0 radical (unpaired) electrons. The summed E-state index contributed by atoms with van der Waals surface area (Å²) in [6, 6.07) is 7.26. The Morgan fingerprint density at radius 3 is 2.87 bits per heavy atom. The fraction of sp³-hybridized carbons (Fsp3) is 0.0909. The molecule has 1 amide bonds. The molecule has 0 spiro atoms. The summed E-state index contributed by atoms with van der Waals surface area (Å²) in [5.74, 6) is -0.415. The number of para-hydroxylation sites is 1. The number of primary amides is 1. The van der Waals surface area contributed by atoms with E-state index in [1.54, 1.807) is 24.5 Å². The molecule has 1 aliphatic rings. The lowest BCUT2D eigenvalue weighted by Crippen LogP contribution is -2.24. The van der Waals surface area contributed by atoms with E-state index in [0.29, 0.717) is 12.1 Å². The molecule has 0 aromatic heterocycles. The summed E-state index contributed by atoms with van der Waals surface area (Å²) in [4.78, 5) is 17.1. The smallest absolute Gasteiger partial charge is 0.250 e. The van der Waals surface area contributed by atoms with E-state index >= 15 is 0 Å². The molecule has 0 saturated carbocycles. The zero-order valence-corrected chi connectivity index (χ0v) is 8.13. The van der Waals surface area contributed by atoms with E-state index in [0.717, 1.165) is 5.69 Å². The van der Waals surface area contributed by atoms with Crippen LogP contribution in [0, 0.1) is 0 Å². The van der Waals surface area contributed by atoms with Crippen molar-refractivity contribution in [1.82, 2.24) is 0 Å². The van der Waals surface area contributed by atoms with Crippen molar-refractivity contribution in [3.8, 4) is 0 Å². The van der Waals surface area contributed by atoms with Crippen LogP contribution in [-0.2, 0) is 0 Å². The molecule has 1 aliphatic heterocycles. The molecule has 0 bridgehead atoms. The third-order valence-corrected chi connectivity index (χ3v) is 2.20. The van der Waals surface area contributed by atoms with Gasteiger partial charge in [-0.1, -0.05) is 12.1 Å². The predicted molar refractivity (Wildman–Crippen MR) is 59.9 cm³/mol. The number of anilines is 1. The number of amides is 1.